The first-order chi connectivity index (χ1) is 8.19. The number of carbonyl (C=O) groups excluding carboxylic acids is 1. The van der Waals surface area contributed by atoms with Gasteiger partial charge in [-0.3, -0.25) is 0 Å². The number of methoxy groups -OCH3 is 1. The van der Waals surface area contributed by atoms with Crippen molar-refractivity contribution in [3.8, 4) is 11.5 Å². The van der Waals surface area contributed by atoms with Gasteiger partial charge in [-0.2, -0.15) is 0 Å². The maximum absolute atomic E-state index is 11.2. The van der Waals surface area contributed by atoms with E-state index in [-0.39, 0.29) is 17.8 Å². The maximum Gasteiger partial charge on any atom is 0.331 e. The second-order valence-corrected chi connectivity index (χ2v) is 4.25. The van der Waals surface area contributed by atoms with Crippen molar-refractivity contribution in [2.24, 2.45) is 0 Å². The van der Waals surface area contributed by atoms with E-state index in [4.69, 9.17) is 9.47 Å². The molecular weight excluding hydrogens is 220 g/mol. The normalized spacial score (nSPS) is 21.4. The highest BCUT2D eigenvalue weighted by Crippen LogP contribution is 2.41. The first-order valence-electron chi connectivity index (χ1n) is 5.51. The average Bonchev–Trinajstić information content (AvgIpc) is 2.69. The quantitative estimate of drug-likeness (QED) is 0.748. The number of fused-ring (bicyclic) bond motifs is 3. The zero-order valence-electron chi connectivity index (χ0n) is 9.40. The number of esters is 1. The summed E-state index contributed by atoms with van der Waals surface area (Å²) in [5.41, 5.74) is 2.85. The third-order valence-electron chi connectivity index (χ3n) is 3.27. The Morgan fingerprint density at radius 2 is 2.29 bits per heavy atom. The van der Waals surface area contributed by atoms with Crippen molar-refractivity contribution < 1.29 is 19.4 Å². The summed E-state index contributed by atoms with van der Waals surface area (Å²) in [4.78, 5) is 11.2. The van der Waals surface area contributed by atoms with Crippen LogP contribution in [0.4, 0.5) is 0 Å². The summed E-state index contributed by atoms with van der Waals surface area (Å²) in [5, 5.41) is 9.77. The Morgan fingerprint density at radius 3 is 3.06 bits per heavy atom. The maximum atomic E-state index is 11.2. The Labute approximate surface area is 98.5 Å². The van der Waals surface area contributed by atoms with Gasteiger partial charge in [-0.15, -0.1) is 0 Å². The van der Waals surface area contributed by atoms with Crippen molar-refractivity contribution in [2.45, 2.75) is 18.9 Å². The smallest absolute Gasteiger partial charge is 0.331 e. The molecule has 3 rings (SSSR count). The van der Waals surface area contributed by atoms with Gasteiger partial charge in [-0.05, 0) is 36.1 Å². The third-order valence-corrected chi connectivity index (χ3v) is 3.27. The van der Waals surface area contributed by atoms with Crippen molar-refractivity contribution in [3.05, 3.63) is 29.3 Å². The Kier molecular flexibility index (Phi) is 2.11. The molecule has 1 N–H and O–H groups in total. The van der Waals surface area contributed by atoms with Crippen molar-refractivity contribution in [1.82, 2.24) is 0 Å². The van der Waals surface area contributed by atoms with E-state index in [1.54, 1.807) is 6.07 Å². The summed E-state index contributed by atoms with van der Waals surface area (Å²) in [6.07, 6.45) is 2.97. The molecule has 0 spiro atoms. The molecule has 4 heteroatoms. The van der Waals surface area contributed by atoms with Crippen LogP contribution in [0.15, 0.2) is 18.2 Å². The van der Waals surface area contributed by atoms with Crippen LogP contribution in [0.25, 0.3) is 5.57 Å². The van der Waals surface area contributed by atoms with Crippen LogP contribution in [0.1, 0.15) is 17.5 Å². The molecule has 1 aromatic carbocycles. The minimum Gasteiger partial charge on any atom is -0.504 e. The van der Waals surface area contributed by atoms with Crippen molar-refractivity contribution in [2.75, 3.05) is 7.11 Å². The third kappa shape index (κ3) is 1.48. The highest BCUT2D eigenvalue weighted by Gasteiger charge is 2.32. The lowest BCUT2D eigenvalue weighted by molar-refractivity contribution is -0.138. The van der Waals surface area contributed by atoms with Crippen molar-refractivity contribution in [1.29, 1.82) is 0 Å². The number of aryl methyl sites for hydroxylation is 1. The van der Waals surface area contributed by atoms with Crippen LogP contribution in [0.5, 0.6) is 11.5 Å². The number of hydrogen-bond acceptors (Lipinski definition) is 4. The number of rotatable bonds is 1. The second kappa shape index (κ2) is 3.52. The van der Waals surface area contributed by atoms with Crippen LogP contribution in [-0.2, 0) is 16.0 Å². The number of phenolic OH excluding ortho intramolecular Hbond substituents is 1. The van der Waals surface area contributed by atoms with Gasteiger partial charge in [-0.1, -0.05) is 0 Å². The second-order valence-electron chi connectivity index (χ2n) is 4.25. The summed E-state index contributed by atoms with van der Waals surface area (Å²) >= 11 is 0. The molecule has 0 saturated heterocycles. The molecule has 17 heavy (non-hydrogen) atoms. The first kappa shape index (κ1) is 10.2. The van der Waals surface area contributed by atoms with E-state index in [0.717, 1.165) is 29.5 Å². The van der Waals surface area contributed by atoms with Gasteiger partial charge >= 0.3 is 5.97 Å². The molecule has 1 heterocycles. The zero-order chi connectivity index (χ0) is 12.0. The van der Waals surface area contributed by atoms with Gasteiger partial charge in [0.15, 0.2) is 11.5 Å². The summed E-state index contributed by atoms with van der Waals surface area (Å²) in [5.74, 6) is 0.258. The highest BCUT2D eigenvalue weighted by molar-refractivity contribution is 5.98. The van der Waals surface area contributed by atoms with Crippen LogP contribution in [0.2, 0.25) is 0 Å². The van der Waals surface area contributed by atoms with Crippen molar-refractivity contribution >= 4 is 11.5 Å². The number of ether oxygens (including phenoxy) is 2. The van der Waals surface area contributed by atoms with Gasteiger partial charge in [-0.25, -0.2) is 4.79 Å². The number of carbonyl (C=O) groups is 1. The van der Waals surface area contributed by atoms with Gasteiger partial charge in [0.1, 0.15) is 6.10 Å². The fraction of sp³-hybridized carbons (Fsp3) is 0.308. The standard InChI is InChI=1S/C13H12O4/c1-16-12-4-7-2-3-11-9(6-13(15)17-11)8(7)5-10(12)14/h4-6,11,14H,2-3H2,1H3. The topological polar surface area (TPSA) is 55.8 Å². The first-order valence-corrected chi connectivity index (χ1v) is 5.51. The number of hydrogen-bond donors (Lipinski definition) is 1. The molecule has 0 radical (unpaired) electrons. The Hall–Kier alpha value is -1.97. The molecule has 1 aromatic rings. The zero-order valence-corrected chi connectivity index (χ0v) is 9.40. The predicted molar refractivity (Wildman–Crippen MR) is 60.8 cm³/mol. The molecule has 0 bridgehead atoms. The van der Waals surface area contributed by atoms with Gasteiger partial charge in [0.2, 0.25) is 0 Å². The van der Waals surface area contributed by atoms with Crippen LogP contribution in [0.3, 0.4) is 0 Å². The Morgan fingerprint density at radius 1 is 1.47 bits per heavy atom. The monoisotopic (exact) mass is 232 g/mol. The van der Waals surface area contributed by atoms with E-state index in [1.165, 1.54) is 13.2 Å². The predicted octanol–water partition coefficient (Wildman–Crippen LogP) is 1.66. The van der Waals surface area contributed by atoms with E-state index >= 15 is 0 Å². The lowest BCUT2D eigenvalue weighted by atomic mass is 9.85. The number of benzene rings is 1. The molecule has 1 atom stereocenters. The Balaban J connectivity index is 2.14. The summed E-state index contributed by atoms with van der Waals surface area (Å²) in [7, 11) is 1.52. The van der Waals surface area contributed by atoms with Gasteiger partial charge in [0.25, 0.3) is 0 Å². The van der Waals surface area contributed by atoms with E-state index in [9.17, 15) is 9.90 Å². The van der Waals surface area contributed by atoms with Crippen LogP contribution in [-0.4, -0.2) is 24.3 Å². The summed E-state index contributed by atoms with van der Waals surface area (Å²) < 4.78 is 10.2. The Bertz CT molecular complexity index is 530. The van der Waals surface area contributed by atoms with Gasteiger partial charge in [0, 0.05) is 11.6 Å². The molecule has 0 aromatic heterocycles. The van der Waals surface area contributed by atoms with E-state index in [1.807, 2.05) is 6.07 Å². The average molecular weight is 232 g/mol. The van der Waals surface area contributed by atoms with Crippen molar-refractivity contribution in [3.63, 3.8) is 0 Å². The molecular formula is C13H12O4. The van der Waals surface area contributed by atoms with Crippen LogP contribution in [0, 0.1) is 0 Å². The molecule has 1 aliphatic heterocycles. The lowest BCUT2D eigenvalue weighted by Crippen LogP contribution is -2.18. The van der Waals surface area contributed by atoms with Gasteiger partial charge < -0.3 is 14.6 Å². The molecule has 1 unspecified atom stereocenters. The minimum atomic E-state index is -0.298. The summed E-state index contributed by atoms with van der Waals surface area (Å²) in [6, 6.07) is 3.47. The van der Waals surface area contributed by atoms with Gasteiger partial charge in [0.05, 0.1) is 7.11 Å². The number of phenols is 1. The molecule has 0 fully saturated rings. The van der Waals surface area contributed by atoms with E-state index in [2.05, 4.69) is 0 Å². The fourth-order valence-corrected chi connectivity index (χ4v) is 2.46. The van der Waals surface area contributed by atoms with Crippen LogP contribution >= 0.6 is 0 Å². The largest absolute Gasteiger partial charge is 0.504 e. The van der Waals surface area contributed by atoms with E-state index < -0.39 is 0 Å². The minimum absolute atomic E-state index is 0.0900. The molecule has 0 saturated carbocycles. The molecule has 4 nitrogen and oxygen atoms in total. The molecule has 88 valence electrons. The fourth-order valence-electron chi connectivity index (χ4n) is 2.46. The van der Waals surface area contributed by atoms with Crippen LogP contribution < -0.4 is 4.74 Å². The summed E-state index contributed by atoms with van der Waals surface area (Å²) in [6.45, 7) is 0. The molecule has 1 aliphatic carbocycles. The lowest BCUT2D eigenvalue weighted by Gasteiger charge is -2.23. The molecule has 0 amide bonds. The number of aromatic hydroxyl groups is 1. The SMILES string of the molecule is COc1cc2c(cc1O)C1=CC(=O)OC1CC2. The highest BCUT2D eigenvalue weighted by atomic mass is 16.5. The van der Waals surface area contributed by atoms with E-state index in [0.29, 0.717) is 5.75 Å². The molecule has 2 aliphatic rings.